The summed E-state index contributed by atoms with van der Waals surface area (Å²) < 4.78 is 27.1. The quantitative estimate of drug-likeness (QED) is 0.574. The fourth-order valence-corrected chi connectivity index (χ4v) is 4.82. The molecule has 0 aliphatic carbocycles. The van der Waals surface area contributed by atoms with E-state index in [1.165, 1.54) is 15.2 Å². The molecule has 0 spiro atoms. The van der Waals surface area contributed by atoms with E-state index in [2.05, 4.69) is 20.7 Å². The highest BCUT2D eigenvalue weighted by atomic mass is 32.2. The molecule has 1 N–H and O–H groups in total. The lowest BCUT2D eigenvalue weighted by Gasteiger charge is -2.20. The number of benzene rings is 2. The predicted molar refractivity (Wildman–Crippen MR) is 118 cm³/mol. The first-order valence-corrected chi connectivity index (χ1v) is 11.4. The molecule has 0 saturated carbocycles. The van der Waals surface area contributed by atoms with Gasteiger partial charge in [-0.3, -0.25) is 4.79 Å². The molecule has 0 saturated heterocycles. The number of hydrogen-bond acceptors (Lipinski definition) is 6. The Morgan fingerprint density at radius 1 is 1.06 bits per heavy atom. The zero-order valence-electron chi connectivity index (χ0n) is 18.0. The van der Waals surface area contributed by atoms with Crippen LogP contribution < -0.4 is 5.32 Å². The fraction of sp³-hybridized carbons (Fsp3) is 0.333. The summed E-state index contributed by atoms with van der Waals surface area (Å²) in [5, 5.41) is 14.9. The third kappa shape index (κ3) is 5.15. The average molecular weight is 443 g/mol. The Labute approximate surface area is 182 Å². The highest BCUT2D eigenvalue weighted by Gasteiger charge is 2.24. The van der Waals surface area contributed by atoms with Gasteiger partial charge in [0.25, 0.3) is 0 Å². The molecule has 9 nitrogen and oxygen atoms in total. The second-order valence-corrected chi connectivity index (χ2v) is 9.03. The number of aromatic nitrogens is 4. The van der Waals surface area contributed by atoms with Crippen LogP contribution in [0.4, 0.5) is 5.69 Å². The van der Waals surface area contributed by atoms with E-state index >= 15 is 0 Å². The lowest BCUT2D eigenvalue weighted by molar-refractivity contribution is -0.117. The molecule has 3 aromatic rings. The van der Waals surface area contributed by atoms with Crippen LogP contribution in [0.2, 0.25) is 0 Å². The van der Waals surface area contributed by atoms with E-state index < -0.39 is 10.0 Å². The van der Waals surface area contributed by atoms with Crippen LogP contribution in [0.1, 0.15) is 25.0 Å². The third-order valence-corrected chi connectivity index (χ3v) is 7.03. The van der Waals surface area contributed by atoms with Crippen molar-refractivity contribution in [2.45, 2.75) is 39.1 Å². The summed E-state index contributed by atoms with van der Waals surface area (Å²) in [5.74, 6) is 0.0404. The molecule has 0 bridgehead atoms. The Kier molecular flexibility index (Phi) is 6.81. The van der Waals surface area contributed by atoms with Crippen LogP contribution in [0.25, 0.3) is 11.4 Å². The number of hydrogen-bond donors (Lipinski definition) is 1. The summed E-state index contributed by atoms with van der Waals surface area (Å²) in [7, 11) is -3.64. The molecule has 1 heterocycles. The number of anilines is 1. The van der Waals surface area contributed by atoms with Crippen molar-refractivity contribution >= 4 is 21.6 Å². The molecule has 0 fully saturated rings. The van der Waals surface area contributed by atoms with Gasteiger partial charge in [-0.2, -0.15) is 9.10 Å². The molecule has 0 aliphatic heterocycles. The van der Waals surface area contributed by atoms with Gasteiger partial charge in [-0.15, -0.1) is 10.2 Å². The average Bonchev–Trinajstić information content (AvgIpc) is 3.18. The number of nitrogens with one attached hydrogen (secondary N) is 1. The first-order valence-electron chi connectivity index (χ1n) is 10.00. The highest BCUT2D eigenvalue weighted by molar-refractivity contribution is 7.89. The minimum Gasteiger partial charge on any atom is -0.324 e. The molecule has 164 valence electrons. The van der Waals surface area contributed by atoms with Crippen molar-refractivity contribution in [2.24, 2.45) is 0 Å². The maximum absolute atomic E-state index is 12.9. The van der Waals surface area contributed by atoms with E-state index in [0.717, 1.165) is 11.1 Å². The van der Waals surface area contributed by atoms with Crippen molar-refractivity contribution in [1.29, 1.82) is 0 Å². The van der Waals surface area contributed by atoms with Crippen molar-refractivity contribution in [3.05, 3.63) is 53.6 Å². The lowest BCUT2D eigenvalue weighted by atomic mass is 10.1. The molecule has 3 rings (SSSR count). The molecule has 1 aromatic heterocycles. The SMILES string of the molecule is CCN(CC)S(=O)(=O)c1cc(NC(=O)Cn2nnc(-c3ccc(C)cc3)n2)ccc1C. The van der Waals surface area contributed by atoms with Gasteiger partial charge in [-0.1, -0.05) is 49.7 Å². The third-order valence-electron chi connectivity index (χ3n) is 4.84. The summed E-state index contributed by atoms with van der Waals surface area (Å²) in [6, 6.07) is 12.5. The first kappa shape index (κ1) is 22.6. The van der Waals surface area contributed by atoms with Crippen LogP contribution in [0.15, 0.2) is 47.4 Å². The van der Waals surface area contributed by atoms with Crippen molar-refractivity contribution in [3.8, 4) is 11.4 Å². The van der Waals surface area contributed by atoms with Crippen molar-refractivity contribution < 1.29 is 13.2 Å². The monoisotopic (exact) mass is 442 g/mol. The Balaban J connectivity index is 1.73. The van der Waals surface area contributed by atoms with Crippen LogP contribution in [0, 0.1) is 13.8 Å². The smallest absolute Gasteiger partial charge is 0.248 e. The molecule has 0 unspecified atom stereocenters. The van der Waals surface area contributed by atoms with E-state index in [1.54, 1.807) is 32.9 Å². The molecule has 0 radical (unpaired) electrons. The number of nitrogens with zero attached hydrogens (tertiary/aromatic N) is 5. The normalized spacial score (nSPS) is 11.6. The van der Waals surface area contributed by atoms with Crippen LogP contribution in [0.5, 0.6) is 0 Å². The summed E-state index contributed by atoms with van der Waals surface area (Å²) >= 11 is 0. The van der Waals surface area contributed by atoms with Gasteiger partial charge in [0.05, 0.1) is 4.90 Å². The van der Waals surface area contributed by atoms with Crippen molar-refractivity contribution in [3.63, 3.8) is 0 Å². The number of amides is 1. The summed E-state index contributed by atoms with van der Waals surface area (Å²) in [6.45, 7) is 7.89. The maximum Gasteiger partial charge on any atom is 0.248 e. The molecule has 2 aromatic carbocycles. The predicted octanol–water partition coefficient (Wildman–Crippen LogP) is 2.63. The zero-order chi connectivity index (χ0) is 22.6. The van der Waals surface area contributed by atoms with Gasteiger partial charge in [0.15, 0.2) is 0 Å². The molecule has 1 amide bonds. The number of rotatable bonds is 8. The molecule has 0 atom stereocenters. The topological polar surface area (TPSA) is 110 Å². The van der Waals surface area contributed by atoms with Gasteiger partial charge < -0.3 is 5.32 Å². The van der Waals surface area contributed by atoms with Crippen LogP contribution in [-0.4, -0.2) is 51.9 Å². The van der Waals surface area contributed by atoms with E-state index in [1.807, 2.05) is 31.2 Å². The summed E-state index contributed by atoms with van der Waals surface area (Å²) in [6.07, 6.45) is 0. The lowest BCUT2D eigenvalue weighted by Crippen LogP contribution is -2.31. The zero-order valence-corrected chi connectivity index (χ0v) is 18.8. The van der Waals surface area contributed by atoms with Crippen molar-refractivity contribution in [1.82, 2.24) is 24.5 Å². The van der Waals surface area contributed by atoms with E-state index in [0.29, 0.717) is 30.2 Å². The fourth-order valence-electron chi connectivity index (χ4n) is 3.12. The molecular weight excluding hydrogens is 416 g/mol. The second kappa shape index (κ2) is 9.36. The van der Waals surface area contributed by atoms with Gasteiger partial charge in [-0.25, -0.2) is 8.42 Å². The number of sulfonamides is 1. The van der Waals surface area contributed by atoms with Gasteiger partial charge in [0.2, 0.25) is 21.8 Å². The van der Waals surface area contributed by atoms with Crippen LogP contribution in [-0.2, 0) is 21.4 Å². The molecule has 31 heavy (non-hydrogen) atoms. The van der Waals surface area contributed by atoms with E-state index in [9.17, 15) is 13.2 Å². The van der Waals surface area contributed by atoms with E-state index in [4.69, 9.17) is 0 Å². The number of carbonyl (C=O) groups excluding carboxylic acids is 1. The molecule has 0 aliphatic rings. The minimum atomic E-state index is -3.64. The number of carbonyl (C=O) groups is 1. The van der Waals surface area contributed by atoms with Gasteiger partial charge in [0, 0.05) is 24.3 Å². The van der Waals surface area contributed by atoms with Gasteiger partial charge in [-0.05, 0) is 36.8 Å². The van der Waals surface area contributed by atoms with Gasteiger partial charge >= 0.3 is 0 Å². The number of tetrazole rings is 1. The summed E-state index contributed by atoms with van der Waals surface area (Å²) in [4.78, 5) is 13.8. The standard InChI is InChI=1S/C21H26N6O3S/c1-5-26(6-2)31(29,30)19-13-18(12-9-16(19)4)22-20(28)14-27-24-21(23-25-27)17-10-7-15(3)8-11-17/h7-13H,5-6,14H2,1-4H3,(H,22,28). The first-order chi connectivity index (χ1) is 14.7. The van der Waals surface area contributed by atoms with Crippen LogP contribution in [0.3, 0.4) is 0 Å². The Morgan fingerprint density at radius 2 is 1.74 bits per heavy atom. The van der Waals surface area contributed by atoms with E-state index in [-0.39, 0.29) is 17.3 Å². The Morgan fingerprint density at radius 3 is 2.39 bits per heavy atom. The van der Waals surface area contributed by atoms with Crippen LogP contribution >= 0.6 is 0 Å². The van der Waals surface area contributed by atoms with Crippen molar-refractivity contribution in [2.75, 3.05) is 18.4 Å². The highest BCUT2D eigenvalue weighted by Crippen LogP contribution is 2.23. The second-order valence-electron chi connectivity index (χ2n) is 7.13. The Bertz CT molecular complexity index is 1170. The minimum absolute atomic E-state index is 0.148. The molecular formula is C21H26N6O3S. The maximum atomic E-state index is 12.9. The largest absolute Gasteiger partial charge is 0.324 e. The summed E-state index contributed by atoms with van der Waals surface area (Å²) in [5.41, 5.74) is 2.93. The Hall–Kier alpha value is -3.11. The number of aryl methyl sites for hydroxylation is 2. The molecule has 10 heteroatoms. The van der Waals surface area contributed by atoms with Gasteiger partial charge in [0.1, 0.15) is 6.54 Å².